The lowest BCUT2D eigenvalue weighted by molar-refractivity contribution is 0.449. The molecule has 2 aromatic rings. The zero-order valence-corrected chi connectivity index (χ0v) is 10.7. The number of aromatic amines is 1. The Morgan fingerprint density at radius 3 is 2.72 bits per heavy atom. The van der Waals surface area contributed by atoms with Crippen molar-refractivity contribution in [1.82, 2.24) is 9.97 Å². The first-order chi connectivity index (χ1) is 8.63. The van der Waals surface area contributed by atoms with Crippen LogP contribution in [0.1, 0.15) is 19.2 Å². The Bertz CT molecular complexity index is 623. The summed E-state index contributed by atoms with van der Waals surface area (Å²) in [5.41, 5.74) is 0.216. The van der Waals surface area contributed by atoms with Crippen LogP contribution in [-0.2, 0) is 6.42 Å². The zero-order chi connectivity index (χ0) is 13.1. The van der Waals surface area contributed by atoms with Gasteiger partial charge in [-0.15, -0.1) is 0 Å². The van der Waals surface area contributed by atoms with E-state index in [2.05, 4.69) is 9.97 Å². The van der Waals surface area contributed by atoms with Crippen molar-refractivity contribution in [3.8, 4) is 17.0 Å². The molecule has 4 nitrogen and oxygen atoms in total. The van der Waals surface area contributed by atoms with E-state index < -0.39 is 0 Å². The summed E-state index contributed by atoms with van der Waals surface area (Å²) >= 11 is 6.01. The molecule has 0 spiro atoms. The minimum atomic E-state index is -0.376. The SMILES string of the molecule is CCCc1nc(O)c(-c2ccccc2Cl)c(=O)[nH]1. The highest BCUT2D eigenvalue weighted by Crippen LogP contribution is 2.29. The van der Waals surface area contributed by atoms with Crippen molar-refractivity contribution in [2.45, 2.75) is 19.8 Å². The van der Waals surface area contributed by atoms with Crippen molar-refractivity contribution in [1.29, 1.82) is 0 Å². The number of aromatic hydroxyl groups is 1. The maximum absolute atomic E-state index is 12.0. The quantitative estimate of drug-likeness (QED) is 0.896. The molecule has 0 aliphatic rings. The molecule has 2 rings (SSSR count). The van der Waals surface area contributed by atoms with Crippen LogP contribution >= 0.6 is 11.6 Å². The van der Waals surface area contributed by atoms with E-state index in [4.69, 9.17) is 11.6 Å². The maximum atomic E-state index is 12.0. The van der Waals surface area contributed by atoms with Gasteiger partial charge in [0, 0.05) is 17.0 Å². The van der Waals surface area contributed by atoms with Crippen molar-refractivity contribution < 1.29 is 5.11 Å². The smallest absolute Gasteiger partial charge is 0.262 e. The number of aryl methyl sites for hydroxylation is 1. The van der Waals surface area contributed by atoms with Gasteiger partial charge in [-0.25, -0.2) is 0 Å². The van der Waals surface area contributed by atoms with Crippen LogP contribution in [-0.4, -0.2) is 15.1 Å². The molecule has 0 aliphatic carbocycles. The molecular weight excluding hydrogens is 252 g/mol. The lowest BCUT2D eigenvalue weighted by Crippen LogP contribution is -2.14. The van der Waals surface area contributed by atoms with Crippen LogP contribution in [0.5, 0.6) is 5.88 Å². The summed E-state index contributed by atoms with van der Waals surface area (Å²) < 4.78 is 0. The van der Waals surface area contributed by atoms with Gasteiger partial charge in [0.25, 0.3) is 5.56 Å². The average Bonchev–Trinajstić information content (AvgIpc) is 2.31. The van der Waals surface area contributed by atoms with Crippen molar-refractivity contribution in [2.75, 3.05) is 0 Å². The van der Waals surface area contributed by atoms with Crippen LogP contribution < -0.4 is 5.56 Å². The third-order valence-electron chi connectivity index (χ3n) is 2.58. The number of H-pyrrole nitrogens is 1. The number of hydrogen-bond acceptors (Lipinski definition) is 3. The highest BCUT2D eigenvalue weighted by atomic mass is 35.5. The molecule has 0 saturated heterocycles. The molecule has 2 N–H and O–H groups in total. The van der Waals surface area contributed by atoms with Gasteiger partial charge in [-0.2, -0.15) is 4.98 Å². The van der Waals surface area contributed by atoms with Gasteiger partial charge in [0.2, 0.25) is 5.88 Å². The van der Waals surface area contributed by atoms with Crippen molar-refractivity contribution >= 4 is 11.6 Å². The number of aromatic nitrogens is 2. The average molecular weight is 265 g/mol. The minimum Gasteiger partial charge on any atom is -0.493 e. The van der Waals surface area contributed by atoms with Gasteiger partial charge < -0.3 is 10.1 Å². The van der Waals surface area contributed by atoms with Crippen LogP contribution in [0.3, 0.4) is 0 Å². The van der Waals surface area contributed by atoms with E-state index in [0.717, 1.165) is 6.42 Å². The number of halogens is 1. The maximum Gasteiger partial charge on any atom is 0.262 e. The number of benzene rings is 1. The van der Waals surface area contributed by atoms with Gasteiger partial charge in [0.05, 0.1) is 0 Å². The lowest BCUT2D eigenvalue weighted by Gasteiger charge is -2.06. The van der Waals surface area contributed by atoms with Gasteiger partial charge in [-0.1, -0.05) is 36.7 Å². The summed E-state index contributed by atoms with van der Waals surface area (Å²) in [5, 5.41) is 10.3. The topological polar surface area (TPSA) is 66.0 Å². The molecule has 0 bridgehead atoms. The third kappa shape index (κ3) is 2.38. The standard InChI is InChI=1S/C13H13ClN2O2/c1-2-5-10-15-12(17)11(13(18)16-10)8-6-3-4-7-9(8)14/h3-4,6-7H,2,5H2,1H3,(H2,15,16,17,18). The Balaban J connectivity index is 2.60. The molecule has 94 valence electrons. The fourth-order valence-electron chi connectivity index (χ4n) is 1.77. The van der Waals surface area contributed by atoms with Crippen LogP contribution in [0, 0.1) is 0 Å². The van der Waals surface area contributed by atoms with Crippen LogP contribution in [0.4, 0.5) is 0 Å². The second kappa shape index (κ2) is 5.23. The number of rotatable bonds is 3. The molecule has 0 aliphatic heterocycles. The predicted molar refractivity (Wildman–Crippen MR) is 71.0 cm³/mol. The summed E-state index contributed by atoms with van der Waals surface area (Å²) in [6.45, 7) is 1.97. The molecule has 18 heavy (non-hydrogen) atoms. The summed E-state index contributed by atoms with van der Waals surface area (Å²) in [6, 6.07) is 6.85. The van der Waals surface area contributed by atoms with Gasteiger partial charge in [-0.3, -0.25) is 4.79 Å². The minimum absolute atomic E-state index is 0.112. The Morgan fingerprint density at radius 2 is 2.11 bits per heavy atom. The molecule has 0 fully saturated rings. The first-order valence-corrected chi connectivity index (χ1v) is 6.08. The third-order valence-corrected chi connectivity index (χ3v) is 2.91. The first-order valence-electron chi connectivity index (χ1n) is 5.70. The first kappa shape index (κ1) is 12.6. The summed E-state index contributed by atoms with van der Waals surface area (Å²) in [4.78, 5) is 18.6. The molecule has 0 atom stereocenters. The molecule has 1 aromatic heterocycles. The molecule has 5 heteroatoms. The van der Waals surface area contributed by atoms with Gasteiger partial charge in [0.1, 0.15) is 11.4 Å². The molecule has 0 saturated carbocycles. The second-order valence-corrected chi connectivity index (χ2v) is 4.35. The Hall–Kier alpha value is -1.81. The van der Waals surface area contributed by atoms with E-state index in [0.29, 0.717) is 22.8 Å². The number of hydrogen-bond donors (Lipinski definition) is 2. The summed E-state index contributed by atoms with van der Waals surface area (Å²) in [6.07, 6.45) is 1.46. The van der Waals surface area contributed by atoms with Gasteiger partial charge >= 0.3 is 0 Å². The van der Waals surface area contributed by atoms with Gasteiger partial charge in [0.15, 0.2) is 0 Å². The Labute approximate surface area is 109 Å². The number of nitrogens with zero attached hydrogens (tertiary/aromatic N) is 1. The molecule has 0 amide bonds. The largest absolute Gasteiger partial charge is 0.493 e. The van der Waals surface area contributed by atoms with E-state index >= 15 is 0 Å². The van der Waals surface area contributed by atoms with Crippen LogP contribution in [0.15, 0.2) is 29.1 Å². The van der Waals surface area contributed by atoms with E-state index in [1.54, 1.807) is 24.3 Å². The highest BCUT2D eigenvalue weighted by molar-refractivity contribution is 6.33. The lowest BCUT2D eigenvalue weighted by atomic mass is 10.1. The number of nitrogens with one attached hydrogen (secondary N) is 1. The van der Waals surface area contributed by atoms with E-state index in [1.165, 1.54) is 0 Å². The van der Waals surface area contributed by atoms with E-state index in [9.17, 15) is 9.90 Å². The molecule has 0 unspecified atom stereocenters. The fourth-order valence-corrected chi connectivity index (χ4v) is 2.00. The highest BCUT2D eigenvalue weighted by Gasteiger charge is 2.14. The molecule has 1 heterocycles. The molecule has 0 radical (unpaired) electrons. The Kier molecular flexibility index (Phi) is 3.67. The van der Waals surface area contributed by atoms with Crippen molar-refractivity contribution in [3.05, 3.63) is 45.5 Å². The predicted octanol–water partition coefficient (Wildman–Crippen LogP) is 2.75. The zero-order valence-electron chi connectivity index (χ0n) is 9.90. The van der Waals surface area contributed by atoms with Crippen molar-refractivity contribution in [2.24, 2.45) is 0 Å². The normalized spacial score (nSPS) is 10.6. The summed E-state index contributed by atoms with van der Waals surface area (Å²) in [5.74, 6) is 0.200. The molecule has 1 aromatic carbocycles. The summed E-state index contributed by atoms with van der Waals surface area (Å²) in [7, 11) is 0. The van der Waals surface area contributed by atoms with Crippen LogP contribution in [0.2, 0.25) is 5.02 Å². The van der Waals surface area contributed by atoms with Gasteiger partial charge in [-0.05, 0) is 12.5 Å². The van der Waals surface area contributed by atoms with Crippen molar-refractivity contribution in [3.63, 3.8) is 0 Å². The van der Waals surface area contributed by atoms with Crippen LogP contribution in [0.25, 0.3) is 11.1 Å². The molecular formula is C13H13ClN2O2. The van der Waals surface area contributed by atoms with E-state index in [1.807, 2.05) is 6.92 Å². The monoisotopic (exact) mass is 264 g/mol. The fraction of sp³-hybridized carbons (Fsp3) is 0.231. The second-order valence-electron chi connectivity index (χ2n) is 3.94. The Morgan fingerprint density at radius 1 is 1.39 bits per heavy atom. The van der Waals surface area contributed by atoms with E-state index in [-0.39, 0.29) is 17.0 Å².